The summed E-state index contributed by atoms with van der Waals surface area (Å²) >= 11 is 6.34. The molecule has 0 heterocycles. The number of fused-ring (bicyclic) bond motifs is 7. The molecule has 0 spiro atoms. The molecule has 0 nitrogen and oxygen atoms in total. The van der Waals surface area contributed by atoms with Gasteiger partial charge in [-0.2, -0.15) is 0 Å². The van der Waals surface area contributed by atoms with E-state index < -0.39 is 0 Å². The van der Waals surface area contributed by atoms with E-state index in [0.29, 0.717) is 0 Å². The normalized spacial score (nSPS) is 11.6. The van der Waals surface area contributed by atoms with Crippen LogP contribution in [0.15, 0.2) is 103 Å². The van der Waals surface area contributed by atoms with E-state index in [4.69, 9.17) is 11.6 Å². The van der Waals surface area contributed by atoms with Crippen LogP contribution in [0.25, 0.3) is 54.2 Å². The maximum atomic E-state index is 6.34. The average molecular weight is 389 g/mol. The molecular weight excluding hydrogens is 372 g/mol. The van der Waals surface area contributed by atoms with E-state index >= 15 is 0 Å². The van der Waals surface area contributed by atoms with Gasteiger partial charge >= 0.3 is 0 Å². The van der Waals surface area contributed by atoms with Gasteiger partial charge in [0.2, 0.25) is 0 Å². The van der Waals surface area contributed by atoms with Gasteiger partial charge in [0.1, 0.15) is 0 Å². The Bertz CT molecular complexity index is 1560. The number of benzene rings is 6. The first-order valence-electron chi connectivity index (χ1n) is 9.81. The molecule has 0 aliphatic carbocycles. The standard InChI is InChI=1S/C28H17Cl/c29-22-9-5-8-20(16-22)26-17-21-7-2-4-11-24(21)28-25(26)15-14-19-13-12-18-6-1-3-10-23(18)27(19)28/h1-17H. The molecule has 1 heteroatoms. The molecule has 0 saturated heterocycles. The Labute approximate surface area is 174 Å². The lowest BCUT2D eigenvalue weighted by Crippen LogP contribution is -1.87. The molecule has 6 aromatic rings. The number of hydrogen-bond acceptors (Lipinski definition) is 0. The van der Waals surface area contributed by atoms with Crippen LogP contribution in [0.3, 0.4) is 0 Å². The quantitative estimate of drug-likeness (QED) is 0.247. The lowest BCUT2D eigenvalue weighted by atomic mass is 9.88. The summed E-state index contributed by atoms with van der Waals surface area (Å²) in [5.74, 6) is 0. The van der Waals surface area contributed by atoms with Gasteiger partial charge in [-0.15, -0.1) is 0 Å². The van der Waals surface area contributed by atoms with E-state index in [2.05, 4.69) is 91.0 Å². The molecule has 0 saturated carbocycles. The van der Waals surface area contributed by atoms with Crippen molar-refractivity contribution in [2.24, 2.45) is 0 Å². The minimum atomic E-state index is 0.759. The fourth-order valence-corrected chi connectivity index (χ4v) is 4.77. The average Bonchev–Trinajstić information content (AvgIpc) is 2.78. The highest BCUT2D eigenvalue weighted by molar-refractivity contribution is 6.32. The van der Waals surface area contributed by atoms with Gasteiger partial charge < -0.3 is 0 Å². The highest BCUT2D eigenvalue weighted by Gasteiger charge is 2.13. The second-order valence-corrected chi connectivity index (χ2v) is 7.96. The van der Waals surface area contributed by atoms with Gasteiger partial charge in [0.15, 0.2) is 0 Å². The van der Waals surface area contributed by atoms with Crippen molar-refractivity contribution in [3.8, 4) is 11.1 Å². The van der Waals surface area contributed by atoms with Crippen LogP contribution in [-0.2, 0) is 0 Å². The SMILES string of the molecule is Clc1cccc(-c2cc3ccccc3c3c2ccc2ccc4ccccc4c23)c1. The second-order valence-electron chi connectivity index (χ2n) is 7.53. The third-order valence-corrected chi connectivity index (χ3v) is 6.10. The van der Waals surface area contributed by atoms with Crippen LogP contribution in [0.5, 0.6) is 0 Å². The van der Waals surface area contributed by atoms with Gasteiger partial charge in [0.25, 0.3) is 0 Å². The van der Waals surface area contributed by atoms with Gasteiger partial charge in [-0.05, 0) is 72.4 Å². The monoisotopic (exact) mass is 388 g/mol. The van der Waals surface area contributed by atoms with Crippen LogP contribution in [-0.4, -0.2) is 0 Å². The van der Waals surface area contributed by atoms with Crippen LogP contribution < -0.4 is 0 Å². The van der Waals surface area contributed by atoms with Crippen LogP contribution in [0.1, 0.15) is 0 Å². The molecular formula is C28H17Cl. The zero-order chi connectivity index (χ0) is 19.4. The predicted octanol–water partition coefficient (Wildman–Crippen LogP) is 8.62. The molecule has 0 aliphatic heterocycles. The van der Waals surface area contributed by atoms with E-state index in [-0.39, 0.29) is 0 Å². The van der Waals surface area contributed by atoms with Crippen molar-refractivity contribution >= 4 is 54.7 Å². The summed E-state index contributed by atoms with van der Waals surface area (Å²) in [6, 6.07) is 36.7. The molecule has 6 rings (SSSR count). The fourth-order valence-electron chi connectivity index (χ4n) is 4.58. The van der Waals surface area contributed by atoms with Gasteiger partial charge in [-0.3, -0.25) is 0 Å². The fraction of sp³-hybridized carbons (Fsp3) is 0. The van der Waals surface area contributed by atoms with Crippen molar-refractivity contribution in [2.45, 2.75) is 0 Å². The molecule has 0 amide bonds. The summed E-state index contributed by atoms with van der Waals surface area (Å²) in [5.41, 5.74) is 2.36. The third-order valence-electron chi connectivity index (χ3n) is 5.87. The molecule has 136 valence electrons. The summed E-state index contributed by atoms with van der Waals surface area (Å²) < 4.78 is 0. The van der Waals surface area contributed by atoms with Gasteiger partial charge in [0, 0.05) is 5.02 Å². The largest absolute Gasteiger partial charge is 0.0843 e. The minimum Gasteiger partial charge on any atom is -0.0843 e. The lowest BCUT2D eigenvalue weighted by Gasteiger charge is -2.15. The zero-order valence-electron chi connectivity index (χ0n) is 15.7. The topological polar surface area (TPSA) is 0 Å². The van der Waals surface area contributed by atoms with E-state index in [1.807, 2.05) is 12.1 Å². The van der Waals surface area contributed by atoms with E-state index in [0.717, 1.165) is 10.6 Å². The summed E-state index contributed by atoms with van der Waals surface area (Å²) in [4.78, 5) is 0. The van der Waals surface area contributed by atoms with Gasteiger partial charge in [0.05, 0.1) is 0 Å². The highest BCUT2D eigenvalue weighted by Crippen LogP contribution is 2.41. The number of halogens is 1. The second kappa shape index (κ2) is 6.34. The van der Waals surface area contributed by atoms with Crippen LogP contribution >= 0.6 is 11.6 Å². The minimum absolute atomic E-state index is 0.759. The van der Waals surface area contributed by atoms with E-state index in [9.17, 15) is 0 Å². The Kier molecular flexibility index (Phi) is 3.62. The van der Waals surface area contributed by atoms with Crippen molar-refractivity contribution in [3.63, 3.8) is 0 Å². The first-order chi connectivity index (χ1) is 14.3. The molecule has 0 atom stereocenters. The lowest BCUT2D eigenvalue weighted by molar-refractivity contribution is 1.67. The van der Waals surface area contributed by atoms with E-state index in [1.165, 1.54) is 48.7 Å². The zero-order valence-corrected chi connectivity index (χ0v) is 16.4. The Hall–Kier alpha value is -3.35. The summed E-state index contributed by atoms with van der Waals surface area (Å²) in [6.45, 7) is 0. The maximum Gasteiger partial charge on any atom is 0.0412 e. The molecule has 0 fully saturated rings. The van der Waals surface area contributed by atoms with Gasteiger partial charge in [-0.25, -0.2) is 0 Å². The number of hydrogen-bond donors (Lipinski definition) is 0. The molecule has 6 aromatic carbocycles. The van der Waals surface area contributed by atoms with Crippen LogP contribution in [0.2, 0.25) is 5.02 Å². The molecule has 0 N–H and O–H groups in total. The summed E-state index contributed by atoms with van der Waals surface area (Å²) in [6.07, 6.45) is 0. The molecule has 0 aromatic heterocycles. The highest BCUT2D eigenvalue weighted by atomic mass is 35.5. The summed E-state index contributed by atoms with van der Waals surface area (Å²) in [5, 5.41) is 11.0. The Morgan fingerprint density at radius 2 is 1.14 bits per heavy atom. The van der Waals surface area contributed by atoms with Crippen molar-refractivity contribution in [2.75, 3.05) is 0 Å². The van der Waals surface area contributed by atoms with Crippen LogP contribution in [0, 0.1) is 0 Å². The number of rotatable bonds is 1. The molecule has 0 unspecified atom stereocenters. The van der Waals surface area contributed by atoms with Crippen LogP contribution in [0.4, 0.5) is 0 Å². The predicted molar refractivity (Wildman–Crippen MR) is 127 cm³/mol. The van der Waals surface area contributed by atoms with Crippen molar-refractivity contribution in [1.29, 1.82) is 0 Å². The Morgan fingerprint density at radius 1 is 0.448 bits per heavy atom. The molecule has 0 radical (unpaired) electrons. The Balaban J connectivity index is 1.91. The third kappa shape index (κ3) is 2.53. The molecule has 0 aliphatic rings. The molecule has 0 bridgehead atoms. The first kappa shape index (κ1) is 16.6. The smallest absolute Gasteiger partial charge is 0.0412 e. The van der Waals surface area contributed by atoms with Gasteiger partial charge in [-0.1, -0.05) is 96.5 Å². The summed E-state index contributed by atoms with van der Waals surface area (Å²) in [7, 11) is 0. The first-order valence-corrected chi connectivity index (χ1v) is 10.2. The van der Waals surface area contributed by atoms with E-state index in [1.54, 1.807) is 0 Å². The Morgan fingerprint density at radius 3 is 1.97 bits per heavy atom. The van der Waals surface area contributed by atoms with Crippen molar-refractivity contribution in [1.82, 2.24) is 0 Å². The molecule has 29 heavy (non-hydrogen) atoms. The maximum absolute atomic E-state index is 6.34. The van der Waals surface area contributed by atoms with Crippen molar-refractivity contribution < 1.29 is 0 Å². The van der Waals surface area contributed by atoms with Crippen molar-refractivity contribution in [3.05, 3.63) is 108 Å².